The number of ether oxygens (including phenoxy) is 1. The van der Waals surface area contributed by atoms with Crippen LogP contribution in [0.15, 0.2) is 36.5 Å². The lowest BCUT2D eigenvalue weighted by molar-refractivity contribution is -0.154. The number of alkyl halides is 3. The van der Waals surface area contributed by atoms with Gasteiger partial charge in [-0.05, 0) is 56.9 Å². The van der Waals surface area contributed by atoms with Crippen molar-refractivity contribution in [3.8, 4) is 0 Å². The minimum Gasteiger partial charge on any atom is -0.458 e. The van der Waals surface area contributed by atoms with E-state index in [9.17, 15) is 23.9 Å². The molecule has 0 saturated heterocycles. The molecule has 0 radical (unpaired) electrons. The summed E-state index contributed by atoms with van der Waals surface area (Å²) in [5.41, 5.74) is -1.56. The van der Waals surface area contributed by atoms with Crippen LogP contribution in [0.5, 0.6) is 0 Å². The average molecular weight is 517 g/mol. The van der Waals surface area contributed by atoms with Crippen LogP contribution in [0.2, 0.25) is 0 Å². The van der Waals surface area contributed by atoms with Gasteiger partial charge in [0.25, 0.3) is 0 Å². The average Bonchev–Trinajstić information content (AvgIpc) is 2.78. The Labute approximate surface area is 211 Å². The van der Waals surface area contributed by atoms with E-state index < -0.39 is 52.1 Å². The molecule has 34 heavy (non-hydrogen) atoms. The van der Waals surface area contributed by atoms with Gasteiger partial charge in [0.05, 0.1) is 5.60 Å². The van der Waals surface area contributed by atoms with Gasteiger partial charge in [-0.15, -0.1) is 0 Å². The van der Waals surface area contributed by atoms with Gasteiger partial charge in [-0.3, -0.25) is 14.4 Å². The van der Waals surface area contributed by atoms with E-state index in [-0.39, 0.29) is 30.1 Å². The van der Waals surface area contributed by atoms with Gasteiger partial charge in [0.15, 0.2) is 11.6 Å². The number of fused-ring (bicyclic) bond motifs is 1. The third-order valence-electron chi connectivity index (χ3n) is 6.93. The second kappa shape index (κ2) is 11.5. The summed E-state index contributed by atoms with van der Waals surface area (Å²) in [4.78, 5) is 39.5. The zero-order valence-corrected chi connectivity index (χ0v) is 21.9. The Balaban J connectivity index is 2.61. The van der Waals surface area contributed by atoms with Crippen molar-refractivity contribution in [3.63, 3.8) is 0 Å². The van der Waals surface area contributed by atoms with Gasteiger partial charge in [-0.25, -0.2) is 4.39 Å². The minimum absolute atomic E-state index is 0.105. The Kier molecular flexibility index (Phi) is 9.71. The fourth-order valence-corrected chi connectivity index (χ4v) is 5.50. The van der Waals surface area contributed by atoms with Crippen LogP contribution in [-0.2, 0) is 19.1 Å². The molecule has 0 fully saturated rings. The molecule has 0 aromatic rings. The molecule has 0 aromatic heterocycles. The number of rotatable bonds is 4. The summed E-state index contributed by atoms with van der Waals surface area (Å²) in [6.07, 6.45) is 11.0. The van der Waals surface area contributed by atoms with Crippen molar-refractivity contribution in [3.05, 3.63) is 36.5 Å². The Hall–Kier alpha value is -1.50. The molecule has 1 N–H and O–H groups in total. The number of aliphatic hydroxyl groups is 1. The maximum atomic E-state index is 13.8. The fraction of sp³-hybridized carbons (Fsp3) is 0.654. The summed E-state index contributed by atoms with van der Waals surface area (Å²) in [5.74, 6) is -5.67. The summed E-state index contributed by atoms with van der Waals surface area (Å²) in [6, 6.07) is 0. The predicted molar refractivity (Wildman–Crippen MR) is 131 cm³/mol. The first-order valence-corrected chi connectivity index (χ1v) is 12.5. The Bertz CT molecular complexity index is 863. The Morgan fingerprint density at radius 1 is 1.06 bits per heavy atom. The molecule has 5 nitrogen and oxygen atoms in total. The van der Waals surface area contributed by atoms with Crippen molar-refractivity contribution < 1.29 is 28.6 Å². The van der Waals surface area contributed by atoms with Gasteiger partial charge < -0.3 is 9.84 Å². The molecule has 1 aliphatic carbocycles. The molecule has 190 valence electrons. The number of ketones is 2. The molecule has 0 amide bonds. The van der Waals surface area contributed by atoms with Crippen LogP contribution < -0.4 is 0 Å². The van der Waals surface area contributed by atoms with E-state index in [0.29, 0.717) is 6.42 Å². The van der Waals surface area contributed by atoms with E-state index in [0.717, 1.165) is 0 Å². The van der Waals surface area contributed by atoms with Gasteiger partial charge in [0.1, 0.15) is 18.7 Å². The van der Waals surface area contributed by atoms with Crippen molar-refractivity contribution >= 4 is 40.7 Å². The van der Waals surface area contributed by atoms with E-state index in [1.54, 1.807) is 19.1 Å². The molecule has 2 rings (SSSR count). The molecule has 1 aliphatic heterocycles. The molecule has 8 heteroatoms. The number of carbonyl (C=O) groups excluding carboxylic acids is 3. The number of esters is 1. The highest BCUT2D eigenvalue weighted by molar-refractivity contribution is 6.68. The zero-order chi connectivity index (χ0) is 25.8. The Morgan fingerprint density at radius 3 is 2.26 bits per heavy atom. The first-order chi connectivity index (χ1) is 15.8. The van der Waals surface area contributed by atoms with Crippen LogP contribution in [-0.4, -0.2) is 45.4 Å². The first-order valence-electron chi connectivity index (χ1n) is 11.7. The smallest absolute Gasteiger partial charge is 0.316 e. The van der Waals surface area contributed by atoms with Gasteiger partial charge in [-0.1, -0.05) is 73.9 Å². The van der Waals surface area contributed by atoms with E-state index >= 15 is 0 Å². The normalized spacial score (nSPS) is 38.3. The highest BCUT2D eigenvalue weighted by Crippen LogP contribution is 2.47. The maximum Gasteiger partial charge on any atom is 0.316 e. The molecule has 1 heterocycles. The van der Waals surface area contributed by atoms with Crippen LogP contribution in [0.4, 0.5) is 4.39 Å². The SMILES string of the molecule is CC[C@H]1[C@@H]2C(=O)C(Cl)(Cl)C(=O)[C@H](C)C(=O)O[C@@H](C)/C=C/C=C\[C@@H](C)[C@@H]2C=C[C@@H]1C[C@@](C)(O)CF. The summed E-state index contributed by atoms with van der Waals surface area (Å²) in [7, 11) is 0. The highest BCUT2D eigenvalue weighted by Gasteiger charge is 2.54. The van der Waals surface area contributed by atoms with E-state index in [1.807, 2.05) is 38.2 Å². The third-order valence-corrected chi connectivity index (χ3v) is 7.67. The largest absolute Gasteiger partial charge is 0.458 e. The van der Waals surface area contributed by atoms with Crippen LogP contribution in [0, 0.1) is 35.5 Å². The molecule has 8 atom stereocenters. The van der Waals surface area contributed by atoms with Crippen molar-refractivity contribution in [2.75, 3.05) is 6.67 Å². The van der Waals surface area contributed by atoms with E-state index in [1.165, 1.54) is 13.8 Å². The van der Waals surface area contributed by atoms with Crippen LogP contribution >= 0.6 is 23.2 Å². The third kappa shape index (κ3) is 6.38. The maximum absolute atomic E-state index is 13.8. The summed E-state index contributed by atoms with van der Waals surface area (Å²) in [5, 5.41) is 10.4. The van der Waals surface area contributed by atoms with Crippen LogP contribution in [0.3, 0.4) is 0 Å². The number of carbonyl (C=O) groups is 3. The monoisotopic (exact) mass is 516 g/mol. The number of cyclic esters (lactones) is 1. The predicted octanol–water partition coefficient (Wildman–Crippen LogP) is 5.18. The lowest BCUT2D eigenvalue weighted by Crippen LogP contribution is -2.51. The Morgan fingerprint density at radius 2 is 1.68 bits per heavy atom. The molecule has 0 aromatic carbocycles. The van der Waals surface area contributed by atoms with Gasteiger partial charge in [0.2, 0.25) is 4.33 Å². The van der Waals surface area contributed by atoms with Gasteiger partial charge in [0, 0.05) is 5.92 Å². The van der Waals surface area contributed by atoms with E-state index in [2.05, 4.69) is 0 Å². The number of Topliss-reactive ketones (excluding diaryl/α,β-unsaturated/α-hetero) is 2. The first kappa shape index (κ1) is 28.7. The molecule has 0 unspecified atom stereocenters. The van der Waals surface area contributed by atoms with Crippen molar-refractivity contribution in [1.29, 1.82) is 0 Å². The molecular weight excluding hydrogens is 482 g/mol. The van der Waals surface area contributed by atoms with Gasteiger partial charge in [-0.2, -0.15) is 0 Å². The number of allylic oxidation sites excluding steroid dienone is 5. The number of hydrogen-bond acceptors (Lipinski definition) is 5. The van der Waals surface area contributed by atoms with Crippen molar-refractivity contribution in [2.24, 2.45) is 35.5 Å². The second-order valence-electron chi connectivity index (χ2n) is 9.85. The fourth-order valence-electron chi connectivity index (χ4n) is 4.92. The quantitative estimate of drug-likeness (QED) is 0.241. The van der Waals surface area contributed by atoms with Crippen LogP contribution in [0.25, 0.3) is 0 Å². The summed E-state index contributed by atoms with van der Waals surface area (Å²) >= 11 is 12.9. The van der Waals surface area contributed by atoms with Crippen molar-refractivity contribution in [1.82, 2.24) is 0 Å². The molecule has 0 saturated carbocycles. The minimum atomic E-state index is -2.46. The van der Waals surface area contributed by atoms with Gasteiger partial charge >= 0.3 is 5.97 Å². The summed E-state index contributed by atoms with van der Waals surface area (Å²) in [6.45, 7) is 7.32. The second-order valence-corrected chi connectivity index (χ2v) is 11.2. The molecule has 2 aliphatic rings. The topological polar surface area (TPSA) is 80.7 Å². The number of hydrogen-bond donors (Lipinski definition) is 1. The lowest BCUT2D eigenvalue weighted by Gasteiger charge is -2.43. The highest BCUT2D eigenvalue weighted by atomic mass is 35.5. The summed E-state index contributed by atoms with van der Waals surface area (Å²) < 4.78 is 16.2. The van der Waals surface area contributed by atoms with Crippen molar-refractivity contribution in [2.45, 2.75) is 63.5 Å². The standard InChI is InChI=1S/C26H35Cl2FO5/c1-6-19-18(13-25(5,33)14-29)11-12-20-15(2)9-7-8-10-16(3)34-24(32)17(4)22(30)26(27,28)23(31)21(19)20/h7-12,15-21,33H,6,13-14H2,1-5H3/b9-7-,10-8+/t15-,16+,17+,18-,19-,20+,21+,25-/m1/s1. The lowest BCUT2D eigenvalue weighted by atomic mass is 9.62. The molecular formula is C26H35Cl2FO5. The molecule has 0 bridgehead atoms. The zero-order valence-electron chi connectivity index (χ0n) is 20.3. The van der Waals surface area contributed by atoms with E-state index in [4.69, 9.17) is 27.9 Å². The number of halogens is 3. The van der Waals surface area contributed by atoms with Crippen LogP contribution in [0.1, 0.15) is 47.5 Å². The molecule has 0 spiro atoms.